The van der Waals surface area contributed by atoms with Gasteiger partial charge in [0.2, 0.25) is 0 Å². The summed E-state index contributed by atoms with van der Waals surface area (Å²) in [6.45, 7) is 10.5. The van der Waals surface area contributed by atoms with Crippen molar-refractivity contribution in [2.75, 3.05) is 6.54 Å². The van der Waals surface area contributed by atoms with Crippen LogP contribution in [0.15, 0.2) is 18.2 Å². The number of benzene rings is 1. The fraction of sp³-hybridized carbons (Fsp3) is 0.562. The van der Waals surface area contributed by atoms with Gasteiger partial charge in [-0.1, -0.05) is 19.9 Å². The minimum Gasteiger partial charge on any atom is -0.330 e. The van der Waals surface area contributed by atoms with Crippen molar-refractivity contribution in [2.24, 2.45) is 11.7 Å². The average molecular weight is 259 g/mol. The Balaban J connectivity index is 2.46. The van der Waals surface area contributed by atoms with Gasteiger partial charge < -0.3 is 10.3 Å². The van der Waals surface area contributed by atoms with Crippen LogP contribution in [-0.4, -0.2) is 16.1 Å². The molecule has 0 radical (unpaired) electrons. The van der Waals surface area contributed by atoms with Gasteiger partial charge in [0, 0.05) is 6.54 Å². The molecule has 0 aliphatic rings. The molecule has 104 valence electrons. The van der Waals surface area contributed by atoms with Crippen molar-refractivity contribution in [1.29, 1.82) is 0 Å². The zero-order valence-electron chi connectivity index (χ0n) is 12.5. The topological polar surface area (TPSA) is 43.8 Å². The zero-order chi connectivity index (χ0) is 14.0. The molecule has 1 unspecified atom stereocenters. The number of imidazole rings is 1. The summed E-state index contributed by atoms with van der Waals surface area (Å²) < 4.78 is 2.26. The summed E-state index contributed by atoms with van der Waals surface area (Å²) in [5.41, 5.74) is 9.46. The highest BCUT2D eigenvalue weighted by atomic mass is 15.1. The number of nitrogens with two attached hydrogens (primary N) is 1. The molecule has 2 aromatic rings. The van der Waals surface area contributed by atoms with Crippen LogP contribution in [0.1, 0.15) is 44.5 Å². The second-order valence-electron chi connectivity index (χ2n) is 5.58. The van der Waals surface area contributed by atoms with E-state index < -0.39 is 0 Å². The molecule has 0 aliphatic carbocycles. The Morgan fingerprint density at radius 1 is 1.32 bits per heavy atom. The Morgan fingerprint density at radius 3 is 2.63 bits per heavy atom. The number of aryl methyl sites for hydroxylation is 2. The molecule has 19 heavy (non-hydrogen) atoms. The van der Waals surface area contributed by atoms with Gasteiger partial charge in [0.25, 0.3) is 0 Å². The summed E-state index contributed by atoms with van der Waals surface area (Å²) in [6, 6.07) is 6.70. The van der Waals surface area contributed by atoms with Crippen molar-refractivity contribution >= 4 is 11.0 Å². The molecule has 1 atom stereocenters. The third-order valence-electron chi connectivity index (χ3n) is 3.99. The van der Waals surface area contributed by atoms with E-state index in [1.54, 1.807) is 0 Å². The molecular formula is C16H25N3. The van der Waals surface area contributed by atoms with Crippen molar-refractivity contribution in [3.8, 4) is 0 Å². The molecule has 0 bridgehead atoms. The van der Waals surface area contributed by atoms with E-state index in [0.29, 0.717) is 11.8 Å². The number of nitrogens with zero attached hydrogens (tertiary/aromatic N) is 2. The van der Waals surface area contributed by atoms with Crippen LogP contribution in [0.4, 0.5) is 0 Å². The minimum atomic E-state index is 0.529. The van der Waals surface area contributed by atoms with Gasteiger partial charge in [-0.25, -0.2) is 4.98 Å². The number of rotatable bonds is 5. The fourth-order valence-electron chi connectivity index (χ4n) is 2.96. The Hall–Kier alpha value is -1.35. The maximum atomic E-state index is 5.75. The molecule has 0 amide bonds. The van der Waals surface area contributed by atoms with Gasteiger partial charge >= 0.3 is 0 Å². The molecule has 3 heteroatoms. The van der Waals surface area contributed by atoms with Crippen LogP contribution in [0.25, 0.3) is 11.0 Å². The quantitative estimate of drug-likeness (QED) is 0.893. The normalized spacial score (nSPS) is 13.4. The lowest BCUT2D eigenvalue weighted by Crippen LogP contribution is -2.12. The number of aromatic nitrogens is 2. The van der Waals surface area contributed by atoms with E-state index >= 15 is 0 Å². The lowest BCUT2D eigenvalue weighted by Gasteiger charge is -2.20. The lowest BCUT2D eigenvalue weighted by atomic mass is 9.85. The minimum absolute atomic E-state index is 0.529. The van der Waals surface area contributed by atoms with E-state index in [-0.39, 0.29) is 0 Å². The Bertz CT molecular complexity index is 554. The molecule has 0 saturated heterocycles. The summed E-state index contributed by atoms with van der Waals surface area (Å²) in [5, 5.41) is 0. The third-order valence-corrected chi connectivity index (χ3v) is 3.99. The summed E-state index contributed by atoms with van der Waals surface area (Å²) in [5.74, 6) is 2.23. The first-order chi connectivity index (χ1) is 9.08. The monoisotopic (exact) mass is 259 g/mol. The molecule has 2 rings (SSSR count). The standard InChI is InChI=1S/C16H25N3/c1-5-19-12(4)18-15-10-13(6-7-16(15)19)14(8-9-17)11(2)3/h6-7,10-11,14H,5,8-9,17H2,1-4H3. The Morgan fingerprint density at radius 2 is 2.05 bits per heavy atom. The Kier molecular flexibility index (Phi) is 4.25. The summed E-state index contributed by atoms with van der Waals surface area (Å²) >= 11 is 0. The van der Waals surface area contributed by atoms with E-state index in [2.05, 4.69) is 55.4 Å². The summed E-state index contributed by atoms with van der Waals surface area (Å²) in [7, 11) is 0. The van der Waals surface area contributed by atoms with Gasteiger partial charge in [-0.3, -0.25) is 0 Å². The van der Waals surface area contributed by atoms with E-state index in [9.17, 15) is 0 Å². The first kappa shape index (κ1) is 14.1. The molecule has 0 spiro atoms. The number of fused-ring (bicyclic) bond motifs is 1. The van der Waals surface area contributed by atoms with Crippen molar-refractivity contribution in [3.63, 3.8) is 0 Å². The summed E-state index contributed by atoms with van der Waals surface area (Å²) in [6.07, 6.45) is 1.04. The van der Waals surface area contributed by atoms with Crippen LogP contribution < -0.4 is 5.73 Å². The maximum Gasteiger partial charge on any atom is 0.106 e. The number of hydrogen-bond acceptors (Lipinski definition) is 2. The molecule has 3 nitrogen and oxygen atoms in total. The summed E-state index contributed by atoms with van der Waals surface area (Å²) in [4.78, 5) is 4.68. The SMILES string of the molecule is CCn1c(C)nc2cc(C(CCN)C(C)C)ccc21. The first-order valence-corrected chi connectivity index (χ1v) is 7.25. The van der Waals surface area contributed by atoms with E-state index in [1.807, 2.05) is 0 Å². The van der Waals surface area contributed by atoms with Gasteiger partial charge in [0.05, 0.1) is 11.0 Å². The van der Waals surface area contributed by atoms with Gasteiger partial charge in [0.15, 0.2) is 0 Å². The Labute approximate surface area is 115 Å². The smallest absolute Gasteiger partial charge is 0.106 e. The maximum absolute atomic E-state index is 5.75. The van der Waals surface area contributed by atoms with E-state index in [4.69, 9.17) is 5.73 Å². The molecule has 0 aliphatic heterocycles. The molecule has 0 saturated carbocycles. The van der Waals surface area contributed by atoms with Gasteiger partial charge in [-0.05, 0) is 56.3 Å². The number of hydrogen-bond donors (Lipinski definition) is 1. The van der Waals surface area contributed by atoms with Crippen molar-refractivity contribution in [3.05, 3.63) is 29.6 Å². The molecule has 1 heterocycles. The van der Waals surface area contributed by atoms with Crippen molar-refractivity contribution < 1.29 is 0 Å². The van der Waals surface area contributed by atoms with E-state index in [1.165, 1.54) is 11.1 Å². The molecule has 0 fully saturated rings. The van der Waals surface area contributed by atoms with Gasteiger partial charge in [-0.2, -0.15) is 0 Å². The van der Waals surface area contributed by atoms with Crippen molar-refractivity contribution in [1.82, 2.24) is 9.55 Å². The highest BCUT2D eigenvalue weighted by Crippen LogP contribution is 2.30. The van der Waals surface area contributed by atoms with Crippen LogP contribution in [0.2, 0.25) is 0 Å². The molecular weight excluding hydrogens is 234 g/mol. The van der Waals surface area contributed by atoms with Gasteiger partial charge in [0.1, 0.15) is 5.82 Å². The van der Waals surface area contributed by atoms with Gasteiger partial charge in [-0.15, -0.1) is 0 Å². The van der Waals surface area contributed by atoms with Crippen LogP contribution in [-0.2, 0) is 6.54 Å². The predicted molar refractivity (Wildman–Crippen MR) is 81.4 cm³/mol. The van der Waals surface area contributed by atoms with Crippen LogP contribution in [0.3, 0.4) is 0 Å². The largest absolute Gasteiger partial charge is 0.330 e. The lowest BCUT2D eigenvalue weighted by molar-refractivity contribution is 0.473. The second-order valence-corrected chi connectivity index (χ2v) is 5.58. The fourth-order valence-corrected chi connectivity index (χ4v) is 2.96. The highest BCUT2D eigenvalue weighted by Gasteiger charge is 2.16. The van der Waals surface area contributed by atoms with Crippen LogP contribution in [0.5, 0.6) is 0 Å². The van der Waals surface area contributed by atoms with Crippen LogP contribution in [0, 0.1) is 12.8 Å². The molecule has 1 aromatic carbocycles. The molecule has 1 aromatic heterocycles. The van der Waals surface area contributed by atoms with Crippen LogP contribution >= 0.6 is 0 Å². The third kappa shape index (κ3) is 2.66. The highest BCUT2D eigenvalue weighted by molar-refractivity contribution is 5.77. The van der Waals surface area contributed by atoms with E-state index in [0.717, 1.165) is 30.9 Å². The predicted octanol–water partition coefficient (Wildman–Crippen LogP) is 3.45. The average Bonchev–Trinajstić information content (AvgIpc) is 2.69. The van der Waals surface area contributed by atoms with Crippen molar-refractivity contribution in [2.45, 2.75) is 46.6 Å². The molecule has 2 N–H and O–H groups in total. The first-order valence-electron chi connectivity index (χ1n) is 7.25. The zero-order valence-corrected chi connectivity index (χ0v) is 12.5. The second kappa shape index (κ2) is 5.74.